The van der Waals surface area contributed by atoms with Gasteiger partial charge in [-0.1, -0.05) is 23.9 Å². The lowest BCUT2D eigenvalue weighted by atomic mass is 10.1. The quantitative estimate of drug-likeness (QED) is 0.609. The molecule has 0 amide bonds. The Morgan fingerprint density at radius 3 is 2.95 bits per heavy atom. The Hall–Kier alpha value is -1.87. The third-order valence-electron chi connectivity index (χ3n) is 2.94. The second-order valence-electron chi connectivity index (χ2n) is 4.24. The fraction of sp³-hybridized carbons (Fsp3) is 0.182. The van der Waals surface area contributed by atoms with Crippen molar-refractivity contribution in [3.8, 4) is 0 Å². The van der Waals surface area contributed by atoms with E-state index in [1.54, 1.807) is 22.4 Å². The van der Waals surface area contributed by atoms with Gasteiger partial charge in [-0.05, 0) is 0 Å². The van der Waals surface area contributed by atoms with Crippen molar-refractivity contribution in [2.75, 3.05) is 12.3 Å². The second kappa shape index (κ2) is 4.60. The van der Waals surface area contributed by atoms with Crippen molar-refractivity contribution < 1.29 is 13.3 Å². The smallest absolute Gasteiger partial charge is 0.270 e. The SMILES string of the molecule is O=[N+]([O-])c1cccc(C2=CSC3=NS(=O)(=O)CCN23)c1. The van der Waals surface area contributed by atoms with Gasteiger partial charge in [0.1, 0.15) is 0 Å². The zero-order valence-electron chi connectivity index (χ0n) is 10.1. The number of non-ortho nitro benzene ring substituents is 1. The van der Waals surface area contributed by atoms with Gasteiger partial charge < -0.3 is 4.90 Å². The maximum absolute atomic E-state index is 11.4. The first kappa shape index (κ1) is 13.1. The predicted molar refractivity (Wildman–Crippen MR) is 76.6 cm³/mol. The molecule has 104 valence electrons. The molecule has 0 N–H and O–H groups in total. The van der Waals surface area contributed by atoms with Crippen molar-refractivity contribution in [3.05, 3.63) is 45.4 Å². The lowest BCUT2D eigenvalue weighted by molar-refractivity contribution is -0.384. The van der Waals surface area contributed by atoms with Gasteiger partial charge in [-0.2, -0.15) is 0 Å². The van der Waals surface area contributed by atoms with Crippen LogP contribution in [-0.2, 0) is 10.0 Å². The van der Waals surface area contributed by atoms with Crippen molar-refractivity contribution in [1.82, 2.24) is 4.90 Å². The molecular formula is C11H9N3O4S2. The van der Waals surface area contributed by atoms with E-state index in [-0.39, 0.29) is 11.4 Å². The van der Waals surface area contributed by atoms with E-state index in [9.17, 15) is 18.5 Å². The molecule has 0 saturated heterocycles. The van der Waals surface area contributed by atoms with E-state index in [2.05, 4.69) is 4.40 Å². The molecule has 0 bridgehead atoms. The summed E-state index contributed by atoms with van der Waals surface area (Å²) in [7, 11) is -3.38. The van der Waals surface area contributed by atoms with Crippen LogP contribution in [0, 0.1) is 10.1 Å². The summed E-state index contributed by atoms with van der Waals surface area (Å²) in [5, 5.41) is 13.0. The first-order valence-electron chi connectivity index (χ1n) is 5.68. The minimum Gasteiger partial charge on any atom is -0.318 e. The Bertz CT molecular complexity index is 755. The molecule has 2 aliphatic rings. The number of benzene rings is 1. The van der Waals surface area contributed by atoms with Crippen LogP contribution in [0.25, 0.3) is 5.70 Å². The maximum atomic E-state index is 11.4. The molecule has 2 aliphatic heterocycles. The number of rotatable bonds is 2. The Kier molecular flexibility index (Phi) is 3.02. The van der Waals surface area contributed by atoms with E-state index in [0.29, 0.717) is 17.3 Å². The number of hydrogen-bond donors (Lipinski definition) is 0. The van der Waals surface area contributed by atoms with Crippen molar-refractivity contribution in [2.45, 2.75) is 0 Å². The second-order valence-corrected chi connectivity index (χ2v) is 6.83. The van der Waals surface area contributed by atoms with Gasteiger partial charge in [0.2, 0.25) is 0 Å². The maximum Gasteiger partial charge on any atom is 0.270 e. The molecule has 0 aromatic heterocycles. The summed E-state index contributed by atoms with van der Waals surface area (Å²) in [4.78, 5) is 12.1. The van der Waals surface area contributed by atoms with Crippen LogP contribution in [0.3, 0.4) is 0 Å². The van der Waals surface area contributed by atoms with Crippen LogP contribution in [0.2, 0.25) is 0 Å². The first-order valence-corrected chi connectivity index (χ1v) is 8.17. The number of hydrogen-bond acceptors (Lipinski definition) is 6. The first-order chi connectivity index (χ1) is 9.46. The Balaban J connectivity index is 1.98. The molecule has 0 radical (unpaired) electrons. The van der Waals surface area contributed by atoms with Crippen molar-refractivity contribution in [3.63, 3.8) is 0 Å². The summed E-state index contributed by atoms with van der Waals surface area (Å²) in [6, 6.07) is 6.25. The van der Waals surface area contributed by atoms with Crippen LogP contribution in [-0.4, -0.2) is 35.7 Å². The number of nitro benzene ring substituents is 1. The molecule has 0 aliphatic carbocycles. The lowest BCUT2D eigenvalue weighted by Gasteiger charge is -2.24. The Morgan fingerprint density at radius 1 is 1.40 bits per heavy atom. The third kappa shape index (κ3) is 2.29. The predicted octanol–water partition coefficient (Wildman–Crippen LogP) is 1.64. The summed E-state index contributed by atoms with van der Waals surface area (Å²) in [5.74, 6) is -0.0523. The summed E-state index contributed by atoms with van der Waals surface area (Å²) < 4.78 is 26.6. The number of nitrogens with zero attached hydrogens (tertiary/aromatic N) is 3. The van der Waals surface area contributed by atoms with Gasteiger partial charge in [0.25, 0.3) is 15.7 Å². The summed E-state index contributed by atoms with van der Waals surface area (Å²) in [5.41, 5.74) is 1.42. The number of sulfonamides is 1. The molecule has 9 heteroatoms. The van der Waals surface area contributed by atoms with Gasteiger partial charge in [0.05, 0.1) is 16.4 Å². The van der Waals surface area contributed by atoms with Crippen molar-refractivity contribution in [1.29, 1.82) is 0 Å². The van der Waals surface area contributed by atoms with E-state index in [1.165, 1.54) is 23.9 Å². The molecule has 7 nitrogen and oxygen atoms in total. The van der Waals surface area contributed by atoms with Crippen LogP contribution in [0.4, 0.5) is 5.69 Å². The van der Waals surface area contributed by atoms with E-state index >= 15 is 0 Å². The number of fused-ring (bicyclic) bond motifs is 1. The van der Waals surface area contributed by atoms with Crippen LogP contribution in [0.5, 0.6) is 0 Å². The topological polar surface area (TPSA) is 92.9 Å². The zero-order valence-corrected chi connectivity index (χ0v) is 11.7. The Labute approximate surface area is 119 Å². The minimum atomic E-state index is -3.38. The zero-order chi connectivity index (χ0) is 14.3. The number of amidine groups is 1. The van der Waals surface area contributed by atoms with Gasteiger partial charge in [0.15, 0.2) is 5.17 Å². The number of nitro groups is 1. The van der Waals surface area contributed by atoms with Crippen molar-refractivity contribution in [2.24, 2.45) is 4.40 Å². The highest BCUT2D eigenvalue weighted by atomic mass is 32.2. The summed E-state index contributed by atoms with van der Waals surface area (Å²) in [6.07, 6.45) is 0. The molecule has 2 heterocycles. The lowest BCUT2D eigenvalue weighted by Crippen LogP contribution is -2.34. The van der Waals surface area contributed by atoms with E-state index in [1.807, 2.05) is 0 Å². The fourth-order valence-corrected chi connectivity index (χ4v) is 4.15. The third-order valence-corrected chi connectivity index (χ3v) is 5.07. The number of thioether (sulfide) groups is 1. The molecule has 3 rings (SSSR count). The Morgan fingerprint density at radius 2 is 2.20 bits per heavy atom. The van der Waals surface area contributed by atoms with E-state index in [4.69, 9.17) is 0 Å². The molecule has 0 unspecified atom stereocenters. The summed E-state index contributed by atoms with van der Waals surface area (Å²) in [6.45, 7) is 0.308. The molecule has 0 fully saturated rings. The van der Waals surface area contributed by atoms with Gasteiger partial charge in [-0.3, -0.25) is 10.1 Å². The highest BCUT2D eigenvalue weighted by Crippen LogP contribution is 2.36. The van der Waals surface area contributed by atoms with Gasteiger partial charge in [-0.15, -0.1) is 4.40 Å². The van der Waals surface area contributed by atoms with E-state index < -0.39 is 14.9 Å². The molecule has 0 spiro atoms. The molecule has 20 heavy (non-hydrogen) atoms. The molecular weight excluding hydrogens is 302 g/mol. The monoisotopic (exact) mass is 311 g/mol. The highest BCUT2D eigenvalue weighted by molar-refractivity contribution is 8.17. The average molecular weight is 311 g/mol. The minimum absolute atomic E-state index is 0.00317. The van der Waals surface area contributed by atoms with Crippen LogP contribution in [0.1, 0.15) is 5.56 Å². The molecule has 1 aromatic carbocycles. The standard InChI is InChI=1S/C11H9N3O4S2/c15-14(16)9-3-1-2-8(6-9)10-7-19-11-12-20(17,18)5-4-13(10)11/h1-3,6-7H,4-5H2. The van der Waals surface area contributed by atoms with E-state index in [0.717, 1.165) is 5.70 Å². The van der Waals surface area contributed by atoms with Crippen molar-refractivity contribution >= 4 is 38.3 Å². The van der Waals surface area contributed by atoms with Gasteiger partial charge in [-0.25, -0.2) is 8.42 Å². The normalized spacial score (nSPS) is 20.1. The van der Waals surface area contributed by atoms with Gasteiger partial charge in [0, 0.05) is 29.6 Å². The largest absolute Gasteiger partial charge is 0.318 e. The fourth-order valence-electron chi connectivity index (χ4n) is 2.00. The van der Waals surface area contributed by atoms with Crippen LogP contribution >= 0.6 is 11.8 Å². The molecule has 1 aromatic rings. The van der Waals surface area contributed by atoms with Gasteiger partial charge >= 0.3 is 0 Å². The average Bonchev–Trinajstić information content (AvgIpc) is 2.80. The van der Waals surface area contributed by atoms with Crippen LogP contribution in [0.15, 0.2) is 34.1 Å². The summed E-state index contributed by atoms with van der Waals surface area (Å²) >= 11 is 1.21. The molecule has 0 atom stereocenters. The molecule has 0 saturated carbocycles. The highest BCUT2D eigenvalue weighted by Gasteiger charge is 2.31. The van der Waals surface area contributed by atoms with Crippen LogP contribution < -0.4 is 0 Å².